The largest absolute Gasteiger partial charge is 0.350 e. The van der Waals surface area contributed by atoms with E-state index in [1.165, 1.54) is 0 Å². The number of benzene rings is 1. The van der Waals surface area contributed by atoms with E-state index in [1.54, 1.807) is 4.90 Å². The molecule has 2 N–H and O–H groups in total. The zero-order chi connectivity index (χ0) is 18.7. The van der Waals surface area contributed by atoms with E-state index in [2.05, 4.69) is 29.4 Å². The Morgan fingerprint density at radius 1 is 1.35 bits per heavy atom. The highest BCUT2D eigenvalue weighted by molar-refractivity contribution is 5.97. The second-order valence-corrected chi connectivity index (χ2v) is 7.04. The summed E-state index contributed by atoms with van der Waals surface area (Å²) < 4.78 is 0. The maximum atomic E-state index is 12.9. The summed E-state index contributed by atoms with van der Waals surface area (Å²) in [5, 5.41) is 10.1. The topological polar surface area (TPSA) is 78.1 Å². The van der Waals surface area contributed by atoms with E-state index in [1.807, 2.05) is 31.2 Å². The van der Waals surface area contributed by atoms with Crippen LogP contribution in [0.5, 0.6) is 0 Å². The Bertz CT molecular complexity index is 812. The van der Waals surface area contributed by atoms with E-state index < -0.39 is 0 Å². The normalized spacial score (nSPS) is 14.7. The standard InChI is InChI=1S/C20H26N4O2/c1-4-13(2)11-21-19(25)18-16-12-24(10-9-17(16)22-23-18)20(26)15-8-6-5-7-14(15)3/h5-8,13H,4,9-12H2,1-3H3,(H,21,25)(H,22,23)/t13-/m1/s1. The Labute approximate surface area is 154 Å². The van der Waals surface area contributed by atoms with Gasteiger partial charge in [-0.15, -0.1) is 0 Å². The molecule has 0 aliphatic carbocycles. The van der Waals surface area contributed by atoms with Gasteiger partial charge in [-0.05, 0) is 24.5 Å². The molecule has 0 fully saturated rings. The zero-order valence-corrected chi connectivity index (χ0v) is 15.6. The fourth-order valence-electron chi connectivity index (χ4n) is 3.13. The highest BCUT2D eigenvalue weighted by atomic mass is 16.2. The Hall–Kier alpha value is -2.63. The van der Waals surface area contributed by atoms with Crippen LogP contribution in [-0.4, -0.2) is 40.0 Å². The van der Waals surface area contributed by atoms with Gasteiger partial charge < -0.3 is 10.2 Å². The van der Waals surface area contributed by atoms with Crippen molar-refractivity contribution in [3.8, 4) is 0 Å². The number of fused-ring (bicyclic) bond motifs is 1. The molecule has 6 nitrogen and oxygen atoms in total. The lowest BCUT2D eigenvalue weighted by Crippen LogP contribution is -2.37. The number of H-pyrrole nitrogens is 1. The van der Waals surface area contributed by atoms with Gasteiger partial charge in [-0.2, -0.15) is 5.10 Å². The van der Waals surface area contributed by atoms with Crippen molar-refractivity contribution in [1.29, 1.82) is 0 Å². The van der Waals surface area contributed by atoms with Crippen molar-refractivity contribution < 1.29 is 9.59 Å². The Morgan fingerprint density at radius 3 is 2.85 bits per heavy atom. The number of aromatic nitrogens is 2. The Kier molecular flexibility index (Phi) is 5.40. The van der Waals surface area contributed by atoms with Crippen LogP contribution in [0.1, 0.15) is 57.9 Å². The van der Waals surface area contributed by atoms with Crippen LogP contribution < -0.4 is 5.32 Å². The molecule has 1 aromatic heterocycles. The molecule has 0 bridgehead atoms. The van der Waals surface area contributed by atoms with E-state index in [0.717, 1.165) is 23.2 Å². The summed E-state index contributed by atoms with van der Waals surface area (Å²) in [6.07, 6.45) is 1.69. The second-order valence-electron chi connectivity index (χ2n) is 7.04. The molecule has 0 saturated heterocycles. The van der Waals surface area contributed by atoms with Crippen LogP contribution >= 0.6 is 0 Å². The SMILES string of the molecule is CC[C@@H](C)CNC(=O)c1n[nH]c2c1CN(C(=O)c1ccccc1C)CC2. The molecule has 6 heteroatoms. The minimum atomic E-state index is -0.173. The van der Waals surface area contributed by atoms with Crippen molar-refractivity contribution in [3.63, 3.8) is 0 Å². The lowest BCUT2D eigenvalue weighted by molar-refractivity contribution is 0.0730. The number of aryl methyl sites for hydroxylation is 1. The fraction of sp³-hybridized carbons (Fsp3) is 0.450. The number of aromatic amines is 1. The smallest absolute Gasteiger partial charge is 0.272 e. The molecule has 1 aliphatic heterocycles. The van der Waals surface area contributed by atoms with Crippen LogP contribution in [0.2, 0.25) is 0 Å². The molecule has 2 amide bonds. The average Bonchev–Trinajstić information content (AvgIpc) is 3.08. The highest BCUT2D eigenvalue weighted by Gasteiger charge is 2.28. The van der Waals surface area contributed by atoms with Gasteiger partial charge in [0.25, 0.3) is 11.8 Å². The Balaban J connectivity index is 1.76. The zero-order valence-electron chi connectivity index (χ0n) is 15.6. The predicted octanol–water partition coefficient (Wildman–Crippen LogP) is 2.69. The van der Waals surface area contributed by atoms with Gasteiger partial charge in [0, 0.05) is 36.3 Å². The number of carbonyl (C=O) groups is 2. The number of hydrogen-bond acceptors (Lipinski definition) is 3. The van der Waals surface area contributed by atoms with Gasteiger partial charge in [0.1, 0.15) is 0 Å². The summed E-state index contributed by atoms with van der Waals surface area (Å²) in [5.74, 6) is 0.252. The minimum absolute atomic E-state index is 0.000846. The fourth-order valence-corrected chi connectivity index (χ4v) is 3.13. The third-order valence-corrected chi connectivity index (χ3v) is 5.12. The number of rotatable bonds is 5. The first kappa shape index (κ1) is 18.2. The van der Waals surface area contributed by atoms with Crippen molar-refractivity contribution >= 4 is 11.8 Å². The quantitative estimate of drug-likeness (QED) is 0.866. The average molecular weight is 354 g/mol. The summed E-state index contributed by atoms with van der Waals surface area (Å²) in [7, 11) is 0. The third kappa shape index (κ3) is 3.64. The van der Waals surface area contributed by atoms with Crippen molar-refractivity contribution in [2.45, 2.75) is 40.2 Å². The summed E-state index contributed by atoms with van der Waals surface area (Å²) in [5.41, 5.74) is 3.86. The van der Waals surface area contributed by atoms with Crippen LogP contribution in [0.15, 0.2) is 24.3 Å². The monoisotopic (exact) mass is 354 g/mol. The van der Waals surface area contributed by atoms with Gasteiger partial charge >= 0.3 is 0 Å². The molecule has 0 spiro atoms. The lowest BCUT2D eigenvalue weighted by Gasteiger charge is -2.27. The molecule has 26 heavy (non-hydrogen) atoms. The van der Waals surface area contributed by atoms with Crippen LogP contribution in [0.3, 0.4) is 0 Å². The van der Waals surface area contributed by atoms with E-state index in [-0.39, 0.29) is 11.8 Å². The number of hydrogen-bond donors (Lipinski definition) is 2. The molecule has 138 valence electrons. The Morgan fingerprint density at radius 2 is 2.12 bits per heavy atom. The minimum Gasteiger partial charge on any atom is -0.350 e. The van der Waals surface area contributed by atoms with Crippen molar-refractivity contribution in [3.05, 3.63) is 52.3 Å². The molecule has 2 heterocycles. The maximum Gasteiger partial charge on any atom is 0.272 e. The maximum absolute atomic E-state index is 12.9. The molecular weight excluding hydrogens is 328 g/mol. The summed E-state index contributed by atoms with van der Waals surface area (Å²) in [4.78, 5) is 27.2. The lowest BCUT2D eigenvalue weighted by atomic mass is 10.0. The summed E-state index contributed by atoms with van der Waals surface area (Å²) >= 11 is 0. The predicted molar refractivity (Wildman–Crippen MR) is 100.0 cm³/mol. The van der Waals surface area contributed by atoms with E-state index in [4.69, 9.17) is 0 Å². The third-order valence-electron chi connectivity index (χ3n) is 5.12. The molecule has 0 saturated carbocycles. The first-order valence-electron chi connectivity index (χ1n) is 9.20. The van der Waals surface area contributed by atoms with E-state index in [9.17, 15) is 9.59 Å². The van der Waals surface area contributed by atoms with Gasteiger partial charge in [0.05, 0.1) is 6.54 Å². The first-order chi connectivity index (χ1) is 12.5. The highest BCUT2D eigenvalue weighted by Crippen LogP contribution is 2.23. The van der Waals surface area contributed by atoms with Crippen LogP contribution in [0, 0.1) is 12.8 Å². The first-order valence-corrected chi connectivity index (χ1v) is 9.20. The van der Waals surface area contributed by atoms with Crippen LogP contribution in [0.4, 0.5) is 0 Å². The number of carbonyl (C=O) groups excluding carboxylic acids is 2. The van der Waals surface area contributed by atoms with Gasteiger partial charge in [-0.25, -0.2) is 0 Å². The van der Waals surface area contributed by atoms with Crippen molar-refractivity contribution in [2.75, 3.05) is 13.1 Å². The molecule has 2 aromatic rings. The number of amides is 2. The molecule has 1 aromatic carbocycles. The summed E-state index contributed by atoms with van der Waals surface area (Å²) in [6, 6.07) is 7.59. The van der Waals surface area contributed by atoms with Crippen LogP contribution in [-0.2, 0) is 13.0 Å². The van der Waals surface area contributed by atoms with Gasteiger partial charge in [-0.3, -0.25) is 14.7 Å². The van der Waals surface area contributed by atoms with Gasteiger partial charge in [-0.1, -0.05) is 38.5 Å². The second kappa shape index (κ2) is 7.72. The van der Waals surface area contributed by atoms with E-state index >= 15 is 0 Å². The molecule has 1 atom stereocenters. The van der Waals surface area contributed by atoms with Gasteiger partial charge in [0.15, 0.2) is 5.69 Å². The molecule has 0 unspecified atom stereocenters. The number of nitrogens with zero attached hydrogens (tertiary/aromatic N) is 2. The van der Waals surface area contributed by atoms with Gasteiger partial charge in [0.2, 0.25) is 0 Å². The molecule has 3 rings (SSSR count). The molecular formula is C20H26N4O2. The molecule has 0 radical (unpaired) electrons. The van der Waals surface area contributed by atoms with Crippen molar-refractivity contribution in [2.24, 2.45) is 5.92 Å². The van der Waals surface area contributed by atoms with Crippen LogP contribution in [0.25, 0.3) is 0 Å². The molecule has 1 aliphatic rings. The number of nitrogens with one attached hydrogen (secondary N) is 2. The van der Waals surface area contributed by atoms with E-state index in [0.29, 0.717) is 43.2 Å². The van der Waals surface area contributed by atoms with Crippen molar-refractivity contribution in [1.82, 2.24) is 20.4 Å². The summed E-state index contributed by atoms with van der Waals surface area (Å²) in [6.45, 7) is 7.80.